The van der Waals surface area contributed by atoms with Crippen molar-refractivity contribution in [1.82, 2.24) is 5.32 Å². The zero-order valence-corrected chi connectivity index (χ0v) is 14.6. The fourth-order valence-corrected chi connectivity index (χ4v) is 2.53. The minimum Gasteiger partial charge on any atom is -0.495 e. The maximum atomic E-state index is 12.1. The number of hydrogen-bond acceptors (Lipinski definition) is 3. The molecule has 0 unspecified atom stereocenters. The van der Waals surface area contributed by atoms with Crippen molar-refractivity contribution >= 4 is 29.0 Å². The Bertz CT molecular complexity index is 665. The summed E-state index contributed by atoms with van der Waals surface area (Å²) in [5.41, 5.74) is 1.68. The second kappa shape index (κ2) is 9.03. The van der Waals surface area contributed by atoms with Crippen LogP contribution in [0.1, 0.15) is 6.92 Å². The third-order valence-electron chi connectivity index (χ3n) is 3.58. The van der Waals surface area contributed by atoms with Crippen LogP contribution in [-0.4, -0.2) is 32.8 Å². The van der Waals surface area contributed by atoms with Crippen LogP contribution in [0.5, 0.6) is 5.75 Å². The summed E-state index contributed by atoms with van der Waals surface area (Å²) in [6.07, 6.45) is 0. The summed E-state index contributed by atoms with van der Waals surface area (Å²) in [5, 5.41) is 6.14. The summed E-state index contributed by atoms with van der Waals surface area (Å²) >= 11 is 5.96. The van der Waals surface area contributed by atoms with Crippen molar-refractivity contribution in [3.63, 3.8) is 0 Å². The van der Waals surface area contributed by atoms with Gasteiger partial charge in [0, 0.05) is 30.3 Å². The minimum absolute atomic E-state index is 0.292. The van der Waals surface area contributed by atoms with Crippen LogP contribution in [0.15, 0.2) is 48.5 Å². The first kappa shape index (κ1) is 17.9. The molecule has 2 rings (SSSR count). The van der Waals surface area contributed by atoms with Gasteiger partial charge in [-0.1, -0.05) is 29.8 Å². The van der Waals surface area contributed by atoms with E-state index in [-0.39, 0.29) is 6.03 Å². The number of benzene rings is 2. The van der Waals surface area contributed by atoms with Crippen molar-refractivity contribution in [2.45, 2.75) is 6.92 Å². The lowest BCUT2D eigenvalue weighted by atomic mass is 10.3. The van der Waals surface area contributed by atoms with Gasteiger partial charge in [-0.15, -0.1) is 0 Å². The third-order valence-corrected chi connectivity index (χ3v) is 3.82. The average molecular weight is 348 g/mol. The van der Waals surface area contributed by atoms with Gasteiger partial charge in [0.2, 0.25) is 0 Å². The van der Waals surface area contributed by atoms with E-state index in [1.807, 2.05) is 18.2 Å². The van der Waals surface area contributed by atoms with E-state index in [0.29, 0.717) is 23.0 Å². The highest BCUT2D eigenvalue weighted by Gasteiger charge is 2.09. The number of amides is 2. The first-order valence-corrected chi connectivity index (χ1v) is 8.20. The van der Waals surface area contributed by atoms with Gasteiger partial charge in [0.1, 0.15) is 5.75 Å². The molecule has 0 aromatic heterocycles. The molecule has 0 aliphatic carbocycles. The Labute approximate surface area is 147 Å². The number of para-hydroxylation sites is 1. The largest absolute Gasteiger partial charge is 0.495 e. The molecule has 2 N–H and O–H groups in total. The van der Waals surface area contributed by atoms with Gasteiger partial charge >= 0.3 is 6.03 Å². The minimum atomic E-state index is -0.292. The Morgan fingerprint density at radius 1 is 1.21 bits per heavy atom. The highest BCUT2D eigenvalue weighted by Crippen LogP contribution is 2.27. The molecule has 6 heteroatoms. The third kappa shape index (κ3) is 5.06. The molecule has 2 aromatic carbocycles. The summed E-state index contributed by atoms with van der Waals surface area (Å²) in [6.45, 7) is 4.21. The number of likely N-dealkylation sites (N-methyl/N-ethyl adjacent to an activating group) is 1. The number of ether oxygens (including phenoxy) is 1. The van der Waals surface area contributed by atoms with E-state index >= 15 is 0 Å². The van der Waals surface area contributed by atoms with E-state index in [1.54, 1.807) is 25.3 Å². The SMILES string of the molecule is CCN(CCNC(=O)Nc1cc(Cl)ccc1OC)c1ccccc1. The monoisotopic (exact) mass is 347 g/mol. The Kier molecular flexibility index (Phi) is 6.75. The Morgan fingerprint density at radius 2 is 1.96 bits per heavy atom. The molecule has 2 amide bonds. The van der Waals surface area contributed by atoms with Crippen LogP contribution in [-0.2, 0) is 0 Å². The fraction of sp³-hybridized carbons (Fsp3) is 0.278. The number of nitrogens with one attached hydrogen (secondary N) is 2. The summed E-state index contributed by atoms with van der Waals surface area (Å²) in [6, 6.07) is 14.9. The van der Waals surface area contributed by atoms with Crippen LogP contribution < -0.4 is 20.3 Å². The van der Waals surface area contributed by atoms with Crippen molar-refractivity contribution in [3.05, 3.63) is 53.6 Å². The predicted molar refractivity (Wildman–Crippen MR) is 99.4 cm³/mol. The lowest BCUT2D eigenvalue weighted by Crippen LogP contribution is -2.37. The van der Waals surface area contributed by atoms with E-state index in [0.717, 1.165) is 18.8 Å². The number of hydrogen-bond donors (Lipinski definition) is 2. The molecule has 0 aliphatic heterocycles. The molecule has 5 nitrogen and oxygen atoms in total. The van der Waals surface area contributed by atoms with Gasteiger partial charge in [-0.3, -0.25) is 0 Å². The topological polar surface area (TPSA) is 53.6 Å². The molecule has 0 heterocycles. The van der Waals surface area contributed by atoms with Crippen molar-refractivity contribution in [2.75, 3.05) is 37.0 Å². The number of carbonyl (C=O) groups excluding carboxylic acids is 1. The molecule has 0 saturated carbocycles. The second-order valence-corrected chi connectivity index (χ2v) is 5.58. The summed E-state index contributed by atoms with van der Waals surface area (Å²) in [7, 11) is 1.55. The molecule has 0 radical (unpaired) electrons. The molecule has 2 aromatic rings. The van der Waals surface area contributed by atoms with Gasteiger partial charge in [0.15, 0.2) is 0 Å². The average Bonchev–Trinajstić information content (AvgIpc) is 2.60. The molecule has 24 heavy (non-hydrogen) atoms. The number of nitrogens with zero attached hydrogens (tertiary/aromatic N) is 1. The van der Waals surface area contributed by atoms with Crippen molar-refractivity contribution in [1.29, 1.82) is 0 Å². The number of methoxy groups -OCH3 is 1. The van der Waals surface area contributed by atoms with Gasteiger partial charge in [0.25, 0.3) is 0 Å². The number of rotatable bonds is 7. The van der Waals surface area contributed by atoms with Crippen LogP contribution in [0.25, 0.3) is 0 Å². The normalized spacial score (nSPS) is 10.1. The van der Waals surface area contributed by atoms with Crippen LogP contribution in [0, 0.1) is 0 Å². The van der Waals surface area contributed by atoms with E-state index in [9.17, 15) is 4.79 Å². The summed E-state index contributed by atoms with van der Waals surface area (Å²) in [5.74, 6) is 0.564. The van der Waals surface area contributed by atoms with E-state index in [4.69, 9.17) is 16.3 Å². The van der Waals surface area contributed by atoms with Gasteiger partial charge in [-0.05, 0) is 37.3 Å². The fourth-order valence-electron chi connectivity index (χ4n) is 2.36. The molecular weight excluding hydrogens is 326 g/mol. The first-order chi connectivity index (χ1) is 11.6. The Morgan fingerprint density at radius 3 is 2.62 bits per heavy atom. The summed E-state index contributed by atoms with van der Waals surface area (Å²) in [4.78, 5) is 14.3. The van der Waals surface area contributed by atoms with Gasteiger partial charge in [-0.2, -0.15) is 0 Å². The quantitative estimate of drug-likeness (QED) is 0.796. The maximum Gasteiger partial charge on any atom is 0.319 e. The van der Waals surface area contributed by atoms with E-state index < -0.39 is 0 Å². The van der Waals surface area contributed by atoms with Gasteiger partial charge < -0.3 is 20.3 Å². The first-order valence-electron chi connectivity index (χ1n) is 7.82. The number of anilines is 2. The van der Waals surface area contributed by atoms with E-state index in [2.05, 4.69) is 34.6 Å². The Hall–Kier alpha value is -2.40. The lowest BCUT2D eigenvalue weighted by Gasteiger charge is -2.23. The highest BCUT2D eigenvalue weighted by molar-refractivity contribution is 6.31. The zero-order valence-electron chi connectivity index (χ0n) is 13.9. The molecule has 0 fully saturated rings. The molecule has 128 valence electrons. The molecular formula is C18H22ClN3O2. The number of urea groups is 1. The van der Waals surface area contributed by atoms with Crippen molar-refractivity contribution in [2.24, 2.45) is 0 Å². The number of halogens is 1. The van der Waals surface area contributed by atoms with Crippen molar-refractivity contribution in [3.8, 4) is 5.75 Å². The predicted octanol–water partition coefficient (Wildman–Crippen LogP) is 4.00. The molecule has 0 aliphatic rings. The number of carbonyl (C=O) groups is 1. The van der Waals surface area contributed by atoms with Crippen LogP contribution >= 0.6 is 11.6 Å². The summed E-state index contributed by atoms with van der Waals surface area (Å²) < 4.78 is 5.21. The lowest BCUT2D eigenvalue weighted by molar-refractivity contribution is 0.252. The molecule has 0 saturated heterocycles. The van der Waals surface area contributed by atoms with Crippen LogP contribution in [0.4, 0.5) is 16.2 Å². The Balaban J connectivity index is 1.86. The highest BCUT2D eigenvalue weighted by atomic mass is 35.5. The van der Waals surface area contributed by atoms with Crippen LogP contribution in [0.3, 0.4) is 0 Å². The smallest absolute Gasteiger partial charge is 0.319 e. The zero-order chi connectivity index (χ0) is 17.4. The molecule has 0 bridgehead atoms. The van der Waals surface area contributed by atoms with Crippen LogP contribution in [0.2, 0.25) is 5.02 Å². The van der Waals surface area contributed by atoms with Gasteiger partial charge in [-0.25, -0.2) is 4.79 Å². The van der Waals surface area contributed by atoms with Gasteiger partial charge in [0.05, 0.1) is 12.8 Å². The van der Waals surface area contributed by atoms with Crippen molar-refractivity contribution < 1.29 is 9.53 Å². The molecule has 0 atom stereocenters. The standard InChI is InChI=1S/C18H22ClN3O2/c1-3-22(15-7-5-4-6-8-15)12-11-20-18(23)21-16-13-14(19)9-10-17(16)24-2/h4-10,13H,3,11-12H2,1-2H3,(H2,20,21,23). The molecule has 0 spiro atoms. The second-order valence-electron chi connectivity index (χ2n) is 5.14. The van der Waals surface area contributed by atoms with E-state index in [1.165, 1.54) is 0 Å². The maximum absolute atomic E-state index is 12.1.